The van der Waals surface area contributed by atoms with Gasteiger partial charge in [-0.1, -0.05) is 42.5 Å². The van der Waals surface area contributed by atoms with E-state index >= 15 is 0 Å². The molecule has 0 aliphatic carbocycles. The second kappa shape index (κ2) is 7.75. The topological polar surface area (TPSA) is 59.4 Å². The van der Waals surface area contributed by atoms with Gasteiger partial charge in [-0.25, -0.2) is 4.98 Å². The first-order valence-electron chi connectivity index (χ1n) is 7.64. The van der Waals surface area contributed by atoms with Gasteiger partial charge in [0.05, 0.1) is 24.3 Å². The van der Waals surface area contributed by atoms with Crippen LogP contribution in [0, 0.1) is 0 Å². The predicted octanol–water partition coefficient (Wildman–Crippen LogP) is 4.06. The van der Waals surface area contributed by atoms with E-state index in [2.05, 4.69) is 17.1 Å². The first kappa shape index (κ1) is 16.2. The highest BCUT2D eigenvalue weighted by Gasteiger charge is 2.12. The van der Waals surface area contributed by atoms with Crippen LogP contribution in [0.5, 0.6) is 5.75 Å². The van der Waals surface area contributed by atoms with Crippen molar-refractivity contribution in [2.75, 3.05) is 6.61 Å². The first-order valence-corrected chi connectivity index (χ1v) is 8.52. The summed E-state index contributed by atoms with van der Waals surface area (Å²) in [6.45, 7) is 0.578. The molecule has 5 heteroatoms. The molecule has 122 valence electrons. The number of carbonyl (C=O) groups is 1. The molecule has 0 saturated carbocycles. The Morgan fingerprint density at radius 2 is 1.83 bits per heavy atom. The standard InChI is InChI=1S/C19H17NO3S/c21-18(22)12-15-13-24-19(20-15)16-8-4-5-9-17(16)23-11-10-14-6-2-1-3-7-14/h1-9,13H,10-12H2,(H,21,22). The van der Waals surface area contributed by atoms with Gasteiger partial charge in [0, 0.05) is 11.8 Å². The first-order chi connectivity index (χ1) is 11.7. The molecule has 0 fully saturated rings. The molecular weight excluding hydrogens is 322 g/mol. The Bertz CT molecular complexity index is 814. The predicted molar refractivity (Wildman–Crippen MR) is 94.5 cm³/mol. The van der Waals surface area contributed by atoms with Gasteiger partial charge in [0.25, 0.3) is 0 Å². The average molecular weight is 339 g/mol. The van der Waals surface area contributed by atoms with Crippen molar-refractivity contribution in [2.45, 2.75) is 12.8 Å². The van der Waals surface area contributed by atoms with Crippen LogP contribution in [0.1, 0.15) is 11.3 Å². The third-order valence-corrected chi connectivity index (χ3v) is 4.42. The summed E-state index contributed by atoms with van der Waals surface area (Å²) in [5.41, 5.74) is 2.70. The molecule has 0 spiro atoms. The summed E-state index contributed by atoms with van der Waals surface area (Å²) in [6.07, 6.45) is 0.769. The van der Waals surface area contributed by atoms with Crippen LogP contribution >= 0.6 is 11.3 Å². The van der Waals surface area contributed by atoms with Crippen LogP contribution < -0.4 is 4.74 Å². The lowest BCUT2D eigenvalue weighted by atomic mass is 10.1. The van der Waals surface area contributed by atoms with Crippen LogP contribution in [0.4, 0.5) is 0 Å². The Labute approximate surface area is 144 Å². The molecular formula is C19H17NO3S. The number of aromatic nitrogens is 1. The van der Waals surface area contributed by atoms with Crippen molar-refractivity contribution in [3.63, 3.8) is 0 Å². The summed E-state index contributed by atoms with van der Waals surface area (Å²) in [7, 11) is 0. The molecule has 0 saturated heterocycles. The average Bonchev–Trinajstić information content (AvgIpc) is 3.04. The minimum Gasteiger partial charge on any atom is -0.493 e. The minimum absolute atomic E-state index is 0.0620. The summed E-state index contributed by atoms with van der Waals surface area (Å²) in [6, 6.07) is 17.9. The fourth-order valence-electron chi connectivity index (χ4n) is 2.36. The Hall–Kier alpha value is -2.66. The van der Waals surface area contributed by atoms with Crippen LogP contribution in [-0.2, 0) is 17.6 Å². The molecule has 1 N–H and O–H groups in total. The number of hydrogen-bond acceptors (Lipinski definition) is 4. The molecule has 24 heavy (non-hydrogen) atoms. The molecule has 0 amide bonds. The van der Waals surface area contributed by atoms with Crippen LogP contribution in [0.25, 0.3) is 10.6 Å². The fraction of sp³-hybridized carbons (Fsp3) is 0.158. The second-order valence-electron chi connectivity index (χ2n) is 5.29. The highest BCUT2D eigenvalue weighted by Crippen LogP contribution is 2.32. The molecule has 1 aromatic heterocycles. The van der Waals surface area contributed by atoms with E-state index in [-0.39, 0.29) is 6.42 Å². The number of aliphatic carboxylic acids is 1. The maximum Gasteiger partial charge on any atom is 0.309 e. The number of rotatable bonds is 7. The highest BCUT2D eigenvalue weighted by molar-refractivity contribution is 7.13. The number of ether oxygens (including phenoxy) is 1. The Morgan fingerprint density at radius 3 is 2.62 bits per heavy atom. The number of para-hydroxylation sites is 1. The van der Waals surface area contributed by atoms with E-state index in [9.17, 15) is 4.79 Å². The van der Waals surface area contributed by atoms with E-state index < -0.39 is 5.97 Å². The molecule has 0 aliphatic rings. The lowest BCUT2D eigenvalue weighted by molar-refractivity contribution is -0.136. The van der Waals surface area contributed by atoms with E-state index in [0.717, 1.165) is 22.7 Å². The number of hydrogen-bond donors (Lipinski definition) is 1. The Morgan fingerprint density at radius 1 is 1.08 bits per heavy atom. The Balaban J connectivity index is 1.71. The number of carboxylic acids is 1. The van der Waals surface area contributed by atoms with Gasteiger partial charge in [0.2, 0.25) is 0 Å². The number of carboxylic acid groups (broad SMARTS) is 1. The molecule has 4 nitrogen and oxygen atoms in total. The summed E-state index contributed by atoms with van der Waals surface area (Å²) < 4.78 is 5.94. The molecule has 0 bridgehead atoms. The molecule has 0 atom stereocenters. The number of nitrogens with zero attached hydrogens (tertiary/aromatic N) is 1. The largest absolute Gasteiger partial charge is 0.493 e. The maximum absolute atomic E-state index is 10.8. The molecule has 0 radical (unpaired) electrons. The highest BCUT2D eigenvalue weighted by atomic mass is 32.1. The molecule has 3 rings (SSSR count). The van der Waals surface area contributed by atoms with Crippen LogP contribution in [-0.4, -0.2) is 22.7 Å². The van der Waals surface area contributed by atoms with Gasteiger partial charge >= 0.3 is 5.97 Å². The van der Waals surface area contributed by atoms with Crippen molar-refractivity contribution in [2.24, 2.45) is 0 Å². The van der Waals surface area contributed by atoms with Crippen LogP contribution in [0.3, 0.4) is 0 Å². The van der Waals surface area contributed by atoms with Gasteiger partial charge in [0.15, 0.2) is 0 Å². The van der Waals surface area contributed by atoms with E-state index in [1.54, 1.807) is 5.38 Å². The fourth-order valence-corrected chi connectivity index (χ4v) is 3.21. The zero-order valence-corrected chi connectivity index (χ0v) is 13.8. The monoisotopic (exact) mass is 339 g/mol. The van der Waals surface area contributed by atoms with Crippen molar-refractivity contribution in [3.05, 3.63) is 71.2 Å². The van der Waals surface area contributed by atoms with E-state index in [1.807, 2.05) is 42.5 Å². The van der Waals surface area contributed by atoms with Crippen molar-refractivity contribution in [1.82, 2.24) is 4.98 Å². The molecule has 3 aromatic rings. The summed E-state index contributed by atoms with van der Waals surface area (Å²) in [5, 5.41) is 11.4. The lowest BCUT2D eigenvalue weighted by Crippen LogP contribution is -2.02. The van der Waals surface area contributed by atoms with E-state index in [1.165, 1.54) is 16.9 Å². The van der Waals surface area contributed by atoms with Crippen molar-refractivity contribution < 1.29 is 14.6 Å². The smallest absolute Gasteiger partial charge is 0.309 e. The van der Waals surface area contributed by atoms with Gasteiger partial charge in [-0.2, -0.15) is 0 Å². The van der Waals surface area contributed by atoms with Crippen LogP contribution in [0.2, 0.25) is 0 Å². The van der Waals surface area contributed by atoms with E-state index in [4.69, 9.17) is 9.84 Å². The van der Waals surface area contributed by atoms with Gasteiger partial charge in [-0.15, -0.1) is 11.3 Å². The van der Waals surface area contributed by atoms with Gasteiger partial charge in [-0.3, -0.25) is 4.79 Å². The van der Waals surface area contributed by atoms with Crippen molar-refractivity contribution >= 4 is 17.3 Å². The summed E-state index contributed by atoms with van der Waals surface area (Å²) in [5.74, 6) is -0.107. The zero-order chi connectivity index (χ0) is 16.8. The Kier molecular flexibility index (Phi) is 5.23. The number of benzene rings is 2. The van der Waals surface area contributed by atoms with Gasteiger partial charge in [0.1, 0.15) is 10.8 Å². The molecule has 0 aliphatic heterocycles. The van der Waals surface area contributed by atoms with Gasteiger partial charge in [-0.05, 0) is 17.7 Å². The summed E-state index contributed by atoms with van der Waals surface area (Å²) >= 11 is 1.43. The van der Waals surface area contributed by atoms with Crippen LogP contribution in [0.15, 0.2) is 60.0 Å². The molecule has 0 unspecified atom stereocenters. The second-order valence-corrected chi connectivity index (χ2v) is 6.15. The molecule has 2 aromatic carbocycles. The normalized spacial score (nSPS) is 10.5. The number of thiazole rings is 1. The zero-order valence-electron chi connectivity index (χ0n) is 13.0. The van der Waals surface area contributed by atoms with E-state index in [0.29, 0.717) is 12.3 Å². The lowest BCUT2D eigenvalue weighted by Gasteiger charge is -2.10. The van der Waals surface area contributed by atoms with Gasteiger partial charge < -0.3 is 9.84 Å². The summed E-state index contributed by atoms with van der Waals surface area (Å²) in [4.78, 5) is 15.2. The maximum atomic E-state index is 10.8. The third-order valence-electron chi connectivity index (χ3n) is 3.49. The minimum atomic E-state index is -0.876. The third kappa shape index (κ3) is 4.20. The quantitative estimate of drug-likeness (QED) is 0.705. The molecule has 1 heterocycles. The van der Waals surface area contributed by atoms with Crippen molar-refractivity contribution in [3.8, 4) is 16.3 Å². The SMILES string of the molecule is O=C(O)Cc1csc(-c2ccccc2OCCc2ccccc2)n1. The van der Waals surface area contributed by atoms with Crippen molar-refractivity contribution in [1.29, 1.82) is 0 Å².